The summed E-state index contributed by atoms with van der Waals surface area (Å²) in [7, 11) is 0. The molecule has 1 heterocycles. The molecule has 0 saturated heterocycles. The number of para-hydroxylation sites is 1. The molecule has 1 amide bonds. The molecular weight excluding hydrogens is 374 g/mol. The minimum atomic E-state index is -0.563. The Labute approximate surface area is 168 Å². The van der Waals surface area contributed by atoms with Crippen molar-refractivity contribution in [1.82, 2.24) is 0 Å². The predicted molar refractivity (Wildman–Crippen MR) is 110 cm³/mol. The van der Waals surface area contributed by atoms with Crippen LogP contribution in [0.1, 0.15) is 48.5 Å². The molecule has 3 rings (SSSR count). The number of carbonyl (C=O) groups is 3. The quantitative estimate of drug-likeness (QED) is 0.553. The van der Waals surface area contributed by atoms with Crippen LogP contribution in [-0.2, 0) is 14.3 Å². The first-order valence-corrected chi connectivity index (χ1v) is 10.2. The zero-order valence-corrected chi connectivity index (χ0v) is 16.8. The van der Waals surface area contributed by atoms with Gasteiger partial charge in [-0.05, 0) is 30.0 Å². The molecule has 0 fully saturated rings. The number of amides is 1. The normalized spacial score (nSPS) is 16.6. The fourth-order valence-electron chi connectivity index (χ4n) is 2.90. The van der Waals surface area contributed by atoms with Gasteiger partial charge in [0, 0.05) is 10.5 Å². The molecule has 28 heavy (non-hydrogen) atoms. The van der Waals surface area contributed by atoms with Crippen LogP contribution in [0.3, 0.4) is 0 Å². The predicted octanol–water partition coefficient (Wildman–Crippen LogP) is 4.43. The standard InChI is InChI=1S/C22H23NO4S/c1-3-14(2)15-8-10-16(11-9-15)18(24)13-27-21(25)12-20-22(26)23-17-6-4-5-7-19(17)28-20/h4-11,14,20H,3,12-13H2,1-2H3,(H,23,26)/t14-,20+/m1/s1. The van der Waals surface area contributed by atoms with Gasteiger partial charge in [-0.3, -0.25) is 14.4 Å². The molecule has 2 aromatic rings. The van der Waals surface area contributed by atoms with E-state index >= 15 is 0 Å². The smallest absolute Gasteiger partial charge is 0.307 e. The van der Waals surface area contributed by atoms with E-state index in [0.717, 1.165) is 17.0 Å². The number of ether oxygens (including phenoxy) is 1. The molecule has 0 radical (unpaired) electrons. The first-order valence-electron chi connectivity index (χ1n) is 9.33. The first kappa shape index (κ1) is 20.1. The number of ketones is 1. The number of hydrogen-bond donors (Lipinski definition) is 1. The Morgan fingerprint density at radius 2 is 1.86 bits per heavy atom. The molecule has 146 valence electrons. The summed E-state index contributed by atoms with van der Waals surface area (Å²) in [6.07, 6.45) is 0.952. The summed E-state index contributed by atoms with van der Waals surface area (Å²) in [5.74, 6) is -0.606. The largest absolute Gasteiger partial charge is 0.457 e. The summed E-state index contributed by atoms with van der Waals surface area (Å²) in [6.45, 7) is 3.93. The van der Waals surface area contributed by atoms with E-state index < -0.39 is 11.2 Å². The van der Waals surface area contributed by atoms with Crippen LogP contribution in [-0.4, -0.2) is 29.5 Å². The third kappa shape index (κ3) is 4.81. The Morgan fingerprint density at radius 1 is 1.14 bits per heavy atom. The summed E-state index contributed by atoms with van der Waals surface area (Å²) in [5.41, 5.74) is 2.44. The fraction of sp³-hybridized carbons (Fsp3) is 0.318. The number of carbonyl (C=O) groups excluding carboxylic acids is 3. The third-order valence-corrected chi connectivity index (χ3v) is 6.11. The van der Waals surface area contributed by atoms with Crippen molar-refractivity contribution < 1.29 is 19.1 Å². The molecule has 0 bridgehead atoms. The van der Waals surface area contributed by atoms with Crippen LogP contribution >= 0.6 is 11.8 Å². The number of Topliss-reactive ketones (excluding diaryl/α,β-unsaturated/α-hetero) is 1. The van der Waals surface area contributed by atoms with Gasteiger partial charge in [0.25, 0.3) is 0 Å². The summed E-state index contributed by atoms with van der Waals surface area (Å²) in [6, 6.07) is 14.8. The maximum Gasteiger partial charge on any atom is 0.307 e. The number of esters is 1. The Morgan fingerprint density at radius 3 is 2.57 bits per heavy atom. The van der Waals surface area contributed by atoms with Crippen molar-refractivity contribution in [2.24, 2.45) is 0 Å². The number of anilines is 1. The molecule has 1 N–H and O–H groups in total. The topological polar surface area (TPSA) is 72.5 Å². The van der Waals surface area contributed by atoms with Crippen LogP contribution in [0.2, 0.25) is 0 Å². The van der Waals surface area contributed by atoms with Crippen LogP contribution < -0.4 is 5.32 Å². The molecule has 2 atom stereocenters. The summed E-state index contributed by atoms with van der Waals surface area (Å²) in [4.78, 5) is 37.4. The Kier molecular flexibility index (Phi) is 6.52. The highest BCUT2D eigenvalue weighted by Crippen LogP contribution is 2.36. The highest BCUT2D eigenvalue weighted by atomic mass is 32.2. The van der Waals surface area contributed by atoms with Crippen molar-refractivity contribution in [3.8, 4) is 0 Å². The summed E-state index contributed by atoms with van der Waals surface area (Å²) < 4.78 is 5.11. The van der Waals surface area contributed by atoms with E-state index in [1.165, 1.54) is 17.3 Å². The van der Waals surface area contributed by atoms with Crippen molar-refractivity contribution in [3.63, 3.8) is 0 Å². The van der Waals surface area contributed by atoms with E-state index in [-0.39, 0.29) is 24.7 Å². The second-order valence-corrected chi connectivity index (χ2v) is 8.06. The lowest BCUT2D eigenvalue weighted by atomic mass is 9.97. The van der Waals surface area contributed by atoms with Gasteiger partial charge in [0.15, 0.2) is 12.4 Å². The number of benzene rings is 2. The molecule has 6 heteroatoms. The maximum absolute atomic E-state index is 12.3. The van der Waals surface area contributed by atoms with Crippen LogP contribution in [0.4, 0.5) is 5.69 Å². The van der Waals surface area contributed by atoms with E-state index in [2.05, 4.69) is 19.2 Å². The van der Waals surface area contributed by atoms with E-state index in [1.54, 1.807) is 12.1 Å². The van der Waals surface area contributed by atoms with Gasteiger partial charge in [-0.25, -0.2) is 0 Å². The lowest BCUT2D eigenvalue weighted by Crippen LogP contribution is -2.31. The van der Waals surface area contributed by atoms with E-state index in [0.29, 0.717) is 11.5 Å². The second kappa shape index (κ2) is 9.06. The minimum Gasteiger partial charge on any atom is -0.457 e. The van der Waals surface area contributed by atoms with Crippen molar-refractivity contribution in [2.75, 3.05) is 11.9 Å². The lowest BCUT2D eigenvalue weighted by molar-refractivity contribution is -0.143. The van der Waals surface area contributed by atoms with Gasteiger partial charge in [-0.1, -0.05) is 50.2 Å². The third-order valence-electron chi connectivity index (χ3n) is 4.84. The monoisotopic (exact) mass is 397 g/mol. The molecule has 0 aromatic heterocycles. The van der Waals surface area contributed by atoms with Crippen molar-refractivity contribution in [1.29, 1.82) is 0 Å². The number of hydrogen-bond acceptors (Lipinski definition) is 5. The SMILES string of the molecule is CC[C@@H](C)c1ccc(C(=O)COC(=O)C[C@@H]2Sc3ccccc3NC2=O)cc1. The highest BCUT2D eigenvalue weighted by Gasteiger charge is 2.29. The number of nitrogens with one attached hydrogen (secondary N) is 1. The zero-order valence-electron chi connectivity index (χ0n) is 15.9. The zero-order chi connectivity index (χ0) is 20.1. The molecule has 5 nitrogen and oxygen atoms in total. The van der Waals surface area contributed by atoms with Crippen molar-refractivity contribution in [3.05, 3.63) is 59.7 Å². The van der Waals surface area contributed by atoms with Crippen LogP contribution in [0, 0.1) is 0 Å². The van der Waals surface area contributed by atoms with E-state index in [4.69, 9.17) is 4.74 Å². The summed E-state index contributed by atoms with van der Waals surface area (Å²) >= 11 is 1.33. The van der Waals surface area contributed by atoms with Crippen LogP contribution in [0.25, 0.3) is 0 Å². The van der Waals surface area contributed by atoms with Crippen molar-refractivity contribution >= 4 is 35.1 Å². The van der Waals surface area contributed by atoms with Gasteiger partial charge in [-0.15, -0.1) is 11.8 Å². The molecule has 0 aliphatic carbocycles. The maximum atomic E-state index is 12.3. The van der Waals surface area contributed by atoms with Crippen LogP contribution in [0.5, 0.6) is 0 Å². The van der Waals surface area contributed by atoms with Crippen molar-refractivity contribution in [2.45, 2.75) is 42.8 Å². The van der Waals surface area contributed by atoms with Gasteiger partial charge in [0.2, 0.25) is 5.91 Å². The Bertz CT molecular complexity index is 878. The minimum absolute atomic E-state index is 0.0783. The Balaban J connectivity index is 1.51. The average Bonchev–Trinajstić information content (AvgIpc) is 2.72. The average molecular weight is 397 g/mol. The second-order valence-electron chi connectivity index (χ2n) is 6.81. The molecule has 2 aromatic carbocycles. The van der Waals surface area contributed by atoms with Gasteiger partial charge in [0.05, 0.1) is 17.4 Å². The van der Waals surface area contributed by atoms with Gasteiger partial charge in [-0.2, -0.15) is 0 Å². The fourth-order valence-corrected chi connectivity index (χ4v) is 4.00. The summed E-state index contributed by atoms with van der Waals surface area (Å²) in [5, 5.41) is 2.23. The van der Waals surface area contributed by atoms with Gasteiger partial charge >= 0.3 is 5.97 Å². The van der Waals surface area contributed by atoms with Gasteiger partial charge in [0.1, 0.15) is 0 Å². The van der Waals surface area contributed by atoms with E-state index in [9.17, 15) is 14.4 Å². The van der Waals surface area contributed by atoms with E-state index in [1.807, 2.05) is 36.4 Å². The van der Waals surface area contributed by atoms with Crippen LogP contribution in [0.15, 0.2) is 53.4 Å². The first-order chi connectivity index (χ1) is 13.5. The molecule has 0 saturated carbocycles. The molecule has 1 aliphatic rings. The molecule has 0 spiro atoms. The number of fused-ring (bicyclic) bond motifs is 1. The molecule has 0 unspecified atom stereocenters. The Hall–Kier alpha value is -2.60. The number of rotatable bonds is 7. The van der Waals surface area contributed by atoms with Gasteiger partial charge < -0.3 is 10.1 Å². The number of thioether (sulfide) groups is 1. The molecule has 1 aliphatic heterocycles. The lowest BCUT2D eigenvalue weighted by Gasteiger charge is -2.23. The highest BCUT2D eigenvalue weighted by molar-refractivity contribution is 8.01. The molecular formula is C22H23NO4S.